The zero-order chi connectivity index (χ0) is 14.3. The van der Waals surface area contributed by atoms with Gasteiger partial charge in [0.25, 0.3) is 0 Å². The van der Waals surface area contributed by atoms with E-state index in [1.54, 1.807) is 32.0 Å². The molecule has 0 aliphatic carbocycles. The number of hydrogen-bond acceptors (Lipinski definition) is 2. The number of hydrogen-bond donors (Lipinski definition) is 2. The summed E-state index contributed by atoms with van der Waals surface area (Å²) in [5.41, 5.74) is 0.564. The van der Waals surface area contributed by atoms with Crippen LogP contribution in [0.15, 0.2) is 24.3 Å². The van der Waals surface area contributed by atoms with Gasteiger partial charge in [0, 0.05) is 12.5 Å². The van der Waals surface area contributed by atoms with Crippen LogP contribution in [0.4, 0.5) is 4.39 Å². The maximum Gasteiger partial charge on any atom is 0.239 e. The van der Waals surface area contributed by atoms with Gasteiger partial charge in [-0.2, -0.15) is 0 Å². The lowest BCUT2D eigenvalue weighted by atomic mass is 10.1. The molecule has 5 heteroatoms. The maximum atomic E-state index is 13.3. The van der Waals surface area contributed by atoms with Gasteiger partial charge in [0.05, 0.1) is 6.54 Å². The minimum atomic E-state index is -0.273. The average molecular weight is 266 g/mol. The number of rotatable bonds is 6. The van der Waals surface area contributed by atoms with Crippen LogP contribution in [0.3, 0.4) is 0 Å². The Morgan fingerprint density at radius 3 is 2.53 bits per heavy atom. The molecule has 0 saturated carbocycles. The molecule has 19 heavy (non-hydrogen) atoms. The van der Waals surface area contributed by atoms with Crippen molar-refractivity contribution >= 4 is 11.8 Å². The van der Waals surface area contributed by atoms with Gasteiger partial charge in [0.1, 0.15) is 5.82 Å². The molecule has 0 aliphatic rings. The second-order valence-electron chi connectivity index (χ2n) is 4.56. The summed E-state index contributed by atoms with van der Waals surface area (Å²) < 4.78 is 13.3. The van der Waals surface area contributed by atoms with E-state index in [9.17, 15) is 14.0 Å². The largest absolute Gasteiger partial charge is 0.354 e. The molecule has 0 saturated heterocycles. The summed E-state index contributed by atoms with van der Waals surface area (Å²) >= 11 is 0. The molecule has 0 radical (unpaired) electrons. The van der Waals surface area contributed by atoms with Gasteiger partial charge in [-0.25, -0.2) is 4.39 Å². The van der Waals surface area contributed by atoms with Gasteiger partial charge in [-0.1, -0.05) is 32.0 Å². The zero-order valence-electron chi connectivity index (χ0n) is 11.2. The van der Waals surface area contributed by atoms with E-state index in [-0.39, 0.29) is 30.1 Å². The van der Waals surface area contributed by atoms with E-state index >= 15 is 0 Å². The Balaban J connectivity index is 2.24. The van der Waals surface area contributed by atoms with Gasteiger partial charge < -0.3 is 10.6 Å². The van der Waals surface area contributed by atoms with Crippen LogP contribution in [0.2, 0.25) is 0 Å². The Morgan fingerprint density at radius 1 is 1.21 bits per heavy atom. The summed E-state index contributed by atoms with van der Waals surface area (Å²) in [5.74, 6) is -0.856. The maximum absolute atomic E-state index is 13.3. The molecule has 0 atom stereocenters. The molecule has 0 spiro atoms. The fourth-order valence-electron chi connectivity index (χ4n) is 1.47. The second kappa shape index (κ2) is 7.51. The van der Waals surface area contributed by atoms with E-state index in [0.717, 1.165) is 0 Å². The van der Waals surface area contributed by atoms with E-state index in [1.807, 2.05) is 0 Å². The lowest BCUT2D eigenvalue weighted by molar-refractivity contribution is -0.127. The van der Waals surface area contributed by atoms with Crippen LogP contribution in [0, 0.1) is 11.7 Å². The third kappa shape index (κ3) is 5.50. The lowest BCUT2D eigenvalue weighted by Gasteiger charge is -2.08. The molecule has 0 bridgehead atoms. The first-order valence-corrected chi connectivity index (χ1v) is 6.28. The average Bonchev–Trinajstić information content (AvgIpc) is 2.38. The topological polar surface area (TPSA) is 58.2 Å². The Kier molecular flexibility index (Phi) is 5.99. The van der Waals surface area contributed by atoms with E-state index in [2.05, 4.69) is 10.6 Å². The summed E-state index contributed by atoms with van der Waals surface area (Å²) in [7, 11) is 0. The minimum absolute atomic E-state index is 0.0473. The summed E-state index contributed by atoms with van der Waals surface area (Å²) in [5, 5.41) is 5.15. The van der Waals surface area contributed by atoms with Gasteiger partial charge in [0.15, 0.2) is 0 Å². The van der Waals surface area contributed by atoms with Crippen LogP contribution < -0.4 is 10.6 Å². The molecule has 2 N–H and O–H groups in total. The summed E-state index contributed by atoms with van der Waals surface area (Å²) in [6.07, 6.45) is 0.427. The molecule has 0 fully saturated rings. The molecule has 1 aromatic carbocycles. The number of carbonyl (C=O) groups excluding carboxylic acids is 2. The number of halogens is 1. The fourth-order valence-corrected chi connectivity index (χ4v) is 1.47. The number of nitrogens with one attached hydrogen (secondary N) is 2. The molecule has 0 aliphatic heterocycles. The van der Waals surface area contributed by atoms with Crippen LogP contribution in [0.25, 0.3) is 0 Å². The van der Waals surface area contributed by atoms with Crippen LogP contribution in [0.1, 0.15) is 19.4 Å². The molecule has 104 valence electrons. The first-order valence-electron chi connectivity index (χ1n) is 6.28. The highest BCUT2D eigenvalue weighted by atomic mass is 19.1. The van der Waals surface area contributed by atoms with Crippen molar-refractivity contribution in [3.8, 4) is 0 Å². The Bertz CT molecular complexity index is 447. The first-order chi connectivity index (χ1) is 9.00. The fraction of sp³-hybridized carbons (Fsp3) is 0.429. The van der Waals surface area contributed by atoms with Gasteiger partial charge >= 0.3 is 0 Å². The van der Waals surface area contributed by atoms with E-state index in [1.165, 1.54) is 6.07 Å². The molecule has 1 aromatic rings. The first kappa shape index (κ1) is 15.1. The Hall–Kier alpha value is -1.91. The predicted molar refractivity (Wildman–Crippen MR) is 71.0 cm³/mol. The van der Waals surface area contributed by atoms with Crippen LogP contribution in [-0.2, 0) is 16.0 Å². The van der Waals surface area contributed by atoms with Gasteiger partial charge in [-0.3, -0.25) is 9.59 Å². The highest BCUT2D eigenvalue weighted by molar-refractivity contribution is 5.85. The summed E-state index contributed by atoms with van der Waals surface area (Å²) in [6.45, 7) is 3.81. The van der Waals surface area contributed by atoms with Crippen molar-refractivity contribution in [3.05, 3.63) is 35.6 Å². The highest BCUT2D eigenvalue weighted by Gasteiger charge is 2.08. The summed E-state index contributed by atoms with van der Waals surface area (Å²) in [6, 6.07) is 6.45. The van der Waals surface area contributed by atoms with Crippen molar-refractivity contribution in [2.75, 3.05) is 13.1 Å². The molecule has 1 rings (SSSR count). The molecular formula is C14H19FN2O2. The number of carbonyl (C=O) groups is 2. The Morgan fingerprint density at radius 2 is 1.89 bits per heavy atom. The van der Waals surface area contributed by atoms with E-state index in [4.69, 9.17) is 0 Å². The smallest absolute Gasteiger partial charge is 0.239 e. The molecule has 0 aromatic heterocycles. The minimum Gasteiger partial charge on any atom is -0.354 e. The standard InChI is InChI=1S/C14H19FN2O2/c1-10(2)14(19)17-9-13(18)16-8-7-11-5-3-4-6-12(11)15/h3-6,10H,7-9H2,1-2H3,(H,16,18)(H,17,19). The van der Waals surface area contributed by atoms with E-state index in [0.29, 0.717) is 18.5 Å². The zero-order valence-corrected chi connectivity index (χ0v) is 11.2. The van der Waals surface area contributed by atoms with Gasteiger partial charge in [-0.15, -0.1) is 0 Å². The highest BCUT2D eigenvalue weighted by Crippen LogP contribution is 2.05. The molecule has 2 amide bonds. The molecular weight excluding hydrogens is 247 g/mol. The lowest BCUT2D eigenvalue weighted by Crippen LogP contribution is -2.39. The van der Waals surface area contributed by atoms with Crippen LogP contribution >= 0.6 is 0 Å². The SMILES string of the molecule is CC(C)C(=O)NCC(=O)NCCc1ccccc1F. The van der Waals surface area contributed by atoms with Crippen molar-refractivity contribution < 1.29 is 14.0 Å². The normalized spacial score (nSPS) is 10.3. The van der Waals surface area contributed by atoms with E-state index < -0.39 is 0 Å². The van der Waals surface area contributed by atoms with Crippen molar-refractivity contribution in [3.63, 3.8) is 0 Å². The summed E-state index contributed by atoms with van der Waals surface area (Å²) in [4.78, 5) is 22.7. The third-order valence-electron chi connectivity index (χ3n) is 2.62. The second-order valence-corrected chi connectivity index (χ2v) is 4.56. The predicted octanol–water partition coefficient (Wildman–Crippen LogP) is 1.26. The number of benzene rings is 1. The molecule has 4 nitrogen and oxygen atoms in total. The van der Waals surface area contributed by atoms with Gasteiger partial charge in [-0.05, 0) is 18.1 Å². The van der Waals surface area contributed by atoms with Crippen molar-refractivity contribution in [1.82, 2.24) is 10.6 Å². The van der Waals surface area contributed by atoms with Crippen molar-refractivity contribution in [2.24, 2.45) is 5.92 Å². The van der Waals surface area contributed by atoms with Crippen molar-refractivity contribution in [1.29, 1.82) is 0 Å². The van der Waals surface area contributed by atoms with Crippen molar-refractivity contribution in [2.45, 2.75) is 20.3 Å². The van der Waals surface area contributed by atoms with Crippen LogP contribution in [-0.4, -0.2) is 24.9 Å². The Labute approximate surface area is 112 Å². The quantitative estimate of drug-likeness (QED) is 0.814. The van der Waals surface area contributed by atoms with Crippen LogP contribution in [0.5, 0.6) is 0 Å². The number of amides is 2. The molecule has 0 unspecified atom stereocenters. The monoisotopic (exact) mass is 266 g/mol. The van der Waals surface area contributed by atoms with Gasteiger partial charge in [0.2, 0.25) is 11.8 Å². The molecule has 0 heterocycles. The third-order valence-corrected chi connectivity index (χ3v) is 2.62.